The van der Waals surface area contributed by atoms with Crippen molar-refractivity contribution in [3.05, 3.63) is 40.1 Å². The number of carbonyl (C=O) groups excluding carboxylic acids is 1. The molecule has 0 radical (unpaired) electrons. The molecule has 3 aromatic rings. The van der Waals surface area contributed by atoms with Crippen LogP contribution in [0.25, 0.3) is 11.4 Å². The van der Waals surface area contributed by atoms with E-state index >= 15 is 0 Å². The molecule has 0 saturated heterocycles. The van der Waals surface area contributed by atoms with Crippen LogP contribution in [0.2, 0.25) is 0 Å². The fourth-order valence-corrected chi connectivity index (χ4v) is 3.22. The quantitative estimate of drug-likeness (QED) is 0.741. The van der Waals surface area contributed by atoms with Gasteiger partial charge in [0.2, 0.25) is 11.7 Å². The summed E-state index contributed by atoms with van der Waals surface area (Å²) in [5.74, 6) is 0.0610. The highest BCUT2D eigenvalue weighted by Gasteiger charge is 2.26. The van der Waals surface area contributed by atoms with Crippen LogP contribution in [0.3, 0.4) is 0 Å². The summed E-state index contributed by atoms with van der Waals surface area (Å²) < 4.78 is 13.9. The predicted molar refractivity (Wildman–Crippen MR) is 86.0 cm³/mol. The van der Waals surface area contributed by atoms with Gasteiger partial charge < -0.3 is 5.32 Å². The van der Waals surface area contributed by atoms with Gasteiger partial charge in [-0.3, -0.25) is 4.79 Å². The SMILES string of the molecule is O=C(Cc1nc(C2CC2)cs1)Nc1cc(-c2nn[nH]n2)ccc1F. The van der Waals surface area contributed by atoms with E-state index in [4.69, 9.17) is 0 Å². The van der Waals surface area contributed by atoms with Gasteiger partial charge in [-0.25, -0.2) is 9.37 Å². The normalized spacial score (nSPS) is 13.9. The van der Waals surface area contributed by atoms with Crippen LogP contribution < -0.4 is 5.32 Å². The molecule has 0 aliphatic heterocycles. The molecule has 9 heteroatoms. The number of thiazole rings is 1. The van der Waals surface area contributed by atoms with Crippen LogP contribution in [0.5, 0.6) is 0 Å². The summed E-state index contributed by atoms with van der Waals surface area (Å²) >= 11 is 1.46. The van der Waals surface area contributed by atoms with Crippen molar-refractivity contribution in [2.75, 3.05) is 5.32 Å². The molecule has 2 aromatic heterocycles. The van der Waals surface area contributed by atoms with Gasteiger partial charge in [0, 0.05) is 16.9 Å². The summed E-state index contributed by atoms with van der Waals surface area (Å²) in [5, 5.41) is 18.8. The van der Waals surface area contributed by atoms with Crippen molar-refractivity contribution in [2.24, 2.45) is 0 Å². The van der Waals surface area contributed by atoms with Gasteiger partial charge in [0.1, 0.15) is 10.8 Å². The molecule has 1 amide bonds. The lowest BCUT2D eigenvalue weighted by molar-refractivity contribution is -0.115. The third-order valence-electron chi connectivity index (χ3n) is 3.72. The van der Waals surface area contributed by atoms with E-state index in [0.717, 1.165) is 10.7 Å². The smallest absolute Gasteiger partial charge is 0.231 e. The fraction of sp³-hybridized carbons (Fsp3) is 0.267. The van der Waals surface area contributed by atoms with Gasteiger partial charge in [-0.2, -0.15) is 5.21 Å². The van der Waals surface area contributed by atoms with E-state index in [1.54, 1.807) is 0 Å². The minimum absolute atomic E-state index is 0.0845. The van der Waals surface area contributed by atoms with Crippen molar-refractivity contribution in [1.29, 1.82) is 0 Å². The van der Waals surface area contributed by atoms with Crippen LogP contribution in [0.1, 0.15) is 29.5 Å². The average Bonchev–Trinajstić information content (AvgIpc) is 3.08. The molecule has 1 fully saturated rings. The second kappa shape index (κ2) is 6.08. The lowest BCUT2D eigenvalue weighted by Crippen LogP contribution is -2.15. The zero-order valence-electron chi connectivity index (χ0n) is 12.5. The highest BCUT2D eigenvalue weighted by Crippen LogP contribution is 2.40. The Bertz CT molecular complexity index is 874. The molecule has 4 rings (SSSR count). The number of carbonyl (C=O) groups is 1. The van der Waals surface area contributed by atoms with Crippen LogP contribution in [0.15, 0.2) is 23.6 Å². The van der Waals surface area contributed by atoms with Crippen LogP contribution in [-0.4, -0.2) is 31.5 Å². The minimum atomic E-state index is -0.520. The van der Waals surface area contributed by atoms with E-state index in [-0.39, 0.29) is 18.0 Å². The second-order valence-electron chi connectivity index (χ2n) is 5.60. The molecule has 0 bridgehead atoms. The van der Waals surface area contributed by atoms with E-state index in [1.807, 2.05) is 5.38 Å². The lowest BCUT2D eigenvalue weighted by Gasteiger charge is -2.06. The van der Waals surface area contributed by atoms with Crippen molar-refractivity contribution in [3.8, 4) is 11.4 Å². The maximum atomic E-state index is 13.9. The zero-order valence-corrected chi connectivity index (χ0v) is 13.3. The van der Waals surface area contributed by atoms with Crippen molar-refractivity contribution in [2.45, 2.75) is 25.2 Å². The number of amides is 1. The Morgan fingerprint density at radius 2 is 2.29 bits per heavy atom. The molecule has 0 atom stereocenters. The number of anilines is 1. The summed E-state index contributed by atoms with van der Waals surface area (Å²) in [7, 11) is 0. The summed E-state index contributed by atoms with van der Waals surface area (Å²) in [6, 6.07) is 4.27. The molecule has 1 aliphatic rings. The predicted octanol–water partition coefficient (Wildman–Crippen LogP) is 2.52. The topological polar surface area (TPSA) is 96.5 Å². The van der Waals surface area contributed by atoms with Gasteiger partial charge in [0.25, 0.3) is 0 Å². The number of benzene rings is 1. The monoisotopic (exact) mass is 344 g/mol. The first-order chi connectivity index (χ1) is 11.7. The number of nitrogens with one attached hydrogen (secondary N) is 2. The number of nitrogens with zero attached hydrogens (tertiary/aromatic N) is 4. The van der Waals surface area contributed by atoms with Crippen molar-refractivity contribution in [1.82, 2.24) is 25.6 Å². The Kier molecular flexibility index (Phi) is 3.77. The highest BCUT2D eigenvalue weighted by molar-refractivity contribution is 7.09. The second-order valence-corrected chi connectivity index (χ2v) is 6.54. The first kappa shape index (κ1) is 14.9. The van der Waals surface area contributed by atoms with E-state index in [1.165, 1.54) is 42.4 Å². The number of tetrazole rings is 1. The Morgan fingerprint density at radius 3 is 3.04 bits per heavy atom. The van der Waals surface area contributed by atoms with Crippen LogP contribution >= 0.6 is 11.3 Å². The summed E-state index contributed by atoms with van der Waals surface area (Å²) in [6.45, 7) is 0. The van der Waals surface area contributed by atoms with Crippen molar-refractivity contribution >= 4 is 22.9 Å². The number of rotatable bonds is 5. The number of hydrogen-bond donors (Lipinski definition) is 2. The lowest BCUT2D eigenvalue weighted by atomic mass is 10.2. The summed E-state index contributed by atoms with van der Waals surface area (Å²) in [6.07, 6.45) is 2.47. The van der Waals surface area contributed by atoms with Crippen LogP contribution in [0, 0.1) is 5.82 Å². The molecule has 24 heavy (non-hydrogen) atoms. The third kappa shape index (κ3) is 3.16. The minimum Gasteiger partial charge on any atom is -0.323 e. The first-order valence-electron chi connectivity index (χ1n) is 7.46. The standard InChI is InChI=1S/C15H13FN6OS/c16-10-4-3-9(15-19-21-22-20-15)5-11(10)17-13(23)6-14-18-12(7-24-14)8-1-2-8/h3-5,7-8H,1-2,6H2,(H,17,23)(H,19,20,21,22). The molecule has 1 aromatic carbocycles. The zero-order chi connectivity index (χ0) is 16.5. The Morgan fingerprint density at radius 1 is 1.42 bits per heavy atom. The Balaban J connectivity index is 1.47. The highest BCUT2D eigenvalue weighted by atomic mass is 32.1. The first-order valence-corrected chi connectivity index (χ1v) is 8.34. The van der Waals surface area contributed by atoms with E-state index in [2.05, 4.69) is 30.9 Å². The summed E-state index contributed by atoms with van der Waals surface area (Å²) in [5.41, 5.74) is 1.71. The third-order valence-corrected chi connectivity index (χ3v) is 4.59. The number of aromatic nitrogens is 5. The molecule has 2 N–H and O–H groups in total. The van der Waals surface area contributed by atoms with E-state index < -0.39 is 5.82 Å². The number of hydrogen-bond acceptors (Lipinski definition) is 6. The Hall–Kier alpha value is -2.68. The fourth-order valence-electron chi connectivity index (χ4n) is 2.35. The molecule has 122 valence electrons. The molecule has 2 heterocycles. The van der Waals surface area contributed by atoms with Gasteiger partial charge in [0.05, 0.1) is 17.8 Å². The van der Waals surface area contributed by atoms with Gasteiger partial charge in [-0.15, -0.1) is 21.5 Å². The molecule has 1 aliphatic carbocycles. The molecule has 7 nitrogen and oxygen atoms in total. The van der Waals surface area contributed by atoms with Crippen molar-refractivity contribution < 1.29 is 9.18 Å². The number of halogens is 1. The summed E-state index contributed by atoms with van der Waals surface area (Å²) in [4.78, 5) is 16.6. The average molecular weight is 344 g/mol. The van der Waals surface area contributed by atoms with Crippen LogP contribution in [0.4, 0.5) is 10.1 Å². The molecular weight excluding hydrogens is 331 g/mol. The van der Waals surface area contributed by atoms with Gasteiger partial charge >= 0.3 is 0 Å². The molecule has 0 spiro atoms. The molecular formula is C15H13FN6OS. The van der Waals surface area contributed by atoms with Crippen LogP contribution in [-0.2, 0) is 11.2 Å². The maximum absolute atomic E-state index is 13.9. The van der Waals surface area contributed by atoms with E-state index in [9.17, 15) is 9.18 Å². The van der Waals surface area contributed by atoms with Gasteiger partial charge in [0.15, 0.2) is 0 Å². The van der Waals surface area contributed by atoms with Gasteiger partial charge in [-0.1, -0.05) is 0 Å². The number of H-pyrrole nitrogens is 1. The van der Waals surface area contributed by atoms with E-state index in [0.29, 0.717) is 17.3 Å². The van der Waals surface area contributed by atoms with Crippen molar-refractivity contribution in [3.63, 3.8) is 0 Å². The molecule has 0 unspecified atom stereocenters. The largest absolute Gasteiger partial charge is 0.323 e. The van der Waals surface area contributed by atoms with Gasteiger partial charge in [-0.05, 0) is 36.3 Å². The molecule has 1 saturated carbocycles. The Labute approximate surface area is 140 Å². The maximum Gasteiger partial charge on any atom is 0.231 e. The number of aromatic amines is 1.